The first-order valence-electron chi connectivity index (χ1n) is 5.77. The molecule has 5 heteroatoms. The number of hydrogen-bond donors (Lipinski definition) is 1. The lowest BCUT2D eigenvalue weighted by Gasteiger charge is -2.17. The number of aromatic nitrogens is 1. The van der Waals surface area contributed by atoms with Gasteiger partial charge >= 0.3 is 0 Å². The number of rotatable bonds is 3. The van der Waals surface area contributed by atoms with Gasteiger partial charge in [-0.15, -0.1) is 0 Å². The van der Waals surface area contributed by atoms with E-state index in [1.54, 1.807) is 30.1 Å². The zero-order valence-corrected chi connectivity index (χ0v) is 11.3. The van der Waals surface area contributed by atoms with Gasteiger partial charge in [0, 0.05) is 30.4 Å². The van der Waals surface area contributed by atoms with Crippen molar-refractivity contribution in [3.05, 3.63) is 58.7 Å². The van der Waals surface area contributed by atoms with E-state index < -0.39 is 0 Å². The van der Waals surface area contributed by atoms with Gasteiger partial charge in [0.1, 0.15) is 5.82 Å². The minimum Gasteiger partial charge on any atom is -0.384 e. The number of carbonyl (C=O) groups excluding carboxylic acids is 1. The molecule has 0 unspecified atom stereocenters. The second-order valence-corrected chi connectivity index (χ2v) is 4.70. The zero-order valence-electron chi connectivity index (χ0n) is 10.5. The Morgan fingerprint density at radius 3 is 2.84 bits per heavy atom. The van der Waals surface area contributed by atoms with Crippen molar-refractivity contribution in [2.75, 3.05) is 12.8 Å². The maximum Gasteiger partial charge on any atom is 0.254 e. The van der Waals surface area contributed by atoms with E-state index in [0.717, 1.165) is 5.56 Å². The number of halogens is 1. The SMILES string of the molecule is CN(Cc1cccc(Cl)c1)C(=O)c1ccnc(N)c1. The van der Waals surface area contributed by atoms with Gasteiger partial charge in [-0.25, -0.2) is 4.98 Å². The molecular weight excluding hydrogens is 262 g/mol. The van der Waals surface area contributed by atoms with Crippen molar-refractivity contribution in [1.29, 1.82) is 0 Å². The first-order chi connectivity index (χ1) is 9.06. The summed E-state index contributed by atoms with van der Waals surface area (Å²) in [7, 11) is 1.74. The summed E-state index contributed by atoms with van der Waals surface area (Å²) in [5.74, 6) is 0.232. The number of amides is 1. The molecule has 0 saturated heterocycles. The quantitative estimate of drug-likeness (QED) is 0.937. The van der Waals surface area contributed by atoms with Crippen molar-refractivity contribution in [2.24, 2.45) is 0 Å². The lowest BCUT2D eigenvalue weighted by Crippen LogP contribution is -2.26. The van der Waals surface area contributed by atoms with Gasteiger partial charge in [0.05, 0.1) is 0 Å². The number of benzene rings is 1. The summed E-state index contributed by atoms with van der Waals surface area (Å²) in [6.07, 6.45) is 1.52. The Kier molecular flexibility index (Phi) is 4.02. The van der Waals surface area contributed by atoms with Crippen LogP contribution in [-0.4, -0.2) is 22.8 Å². The number of carbonyl (C=O) groups is 1. The third kappa shape index (κ3) is 3.45. The summed E-state index contributed by atoms with van der Waals surface area (Å²) in [6, 6.07) is 10.6. The van der Waals surface area contributed by atoms with Crippen LogP contribution < -0.4 is 5.73 Å². The highest BCUT2D eigenvalue weighted by molar-refractivity contribution is 6.30. The van der Waals surface area contributed by atoms with Gasteiger partial charge in [0.25, 0.3) is 5.91 Å². The lowest BCUT2D eigenvalue weighted by atomic mass is 10.2. The van der Waals surface area contributed by atoms with Crippen molar-refractivity contribution in [3.8, 4) is 0 Å². The van der Waals surface area contributed by atoms with Gasteiger partial charge in [-0.1, -0.05) is 23.7 Å². The van der Waals surface area contributed by atoms with Crippen LogP contribution in [0.1, 0.15) is 15.9 Å². The Hall–Kier alpha value is -2.07. The number of nitrogens with zero attached hydrogens (tertiary/aromatic N) is 2. The fourth-order valence-electron chi connectivity index (χ4n) is 1.78. The average Bonchev–Trinajstić information content (AvgIpc) is 2.38. The molecule has 0 atom stereocenters. The second-order valence-electron chi connectivity index (χ2n) is 4.26. The smallest absolute Gasteiger partial charge is 0.254 e. The van der Waals surface area contributed by atoms with Crippen LogP contribution >= 0.6 is 11.6 Å². The predicted octanol–water partition coefficient (Wildman–Crippen LogP) is 2.59. The predicted molar refractivity (Wildman–Crippen MR) is 75.9 cm³/mol. The van der Waals surface area contributed by atoms with Crippen molar-refractivity contribution in [2.45, 2.75) is 6.54 Å². The molecule has 0 aliphatic carbocycles. The van der Waals surface area contributed by atoms with Gasteiger partial charge in [-0.05, 0) is 29.8 Å². The Balaban J connectivity index is 2.12. The molecule has 19 heavy (non-hydrogen) atoms. The molecule has 2 N–H and O–H groups in total. The van der Waals surface area contributed by atoms with E-state index in [-0.39, 0.29) is 5.91 Å². The van der Waals surface area contributed by atoms with Crippen LogP contribution in [-0.2, 0) is 6.54 Å². The van der Waals surface area contributed by atoms with E-state index in [4.69, 9.17) is 17.3 Å². The van der Waals surface area contributed by atoms with Gasteiger partial charge in [-0.3, -0.25) is 4.79 Å². The van der Waals surface area contributed by atoms with E-state index in [1.807, 2.05) is 18.2 Å². The highest BCUT2D eigenvalue weighted by Gasteiger charge is 2.12. The number of anilines is 1. The monoisotopic (exact) mass is 275 g/mol. The highest BCUT2D eigenvalue weighted by Crippen LogP contribution is 2.14. The average molecular weight is 276 g/mol. The van der Waals surface area contributed by atoms with Crippen LogP contribution in [0, 0.1) is 0 Å². The Morgan fingerprint density at radius 2 is 2.16 bits per heavy atom. The molecule has 1 aromatic heterocycles. The van der Waals surface area contributed by atoms with E-state index in [2.05, 4.69) is 4.98 Å². The number of nitrogen functional groups attached to an aromatic ring is 1. The van der Waals surface area contributed by atoms with E-state index >= 15 is 0 Å². The molecule has 0 aliphatic rings. The van der Waals surface area contributed by atoms with E-state index in [0.29, 0.717) is 22.9 Å². The molecule has 1 heterocycles. The highest BCUT2D eigenvalue weighted by atomic mass is 35.5. The van der Waals surface area contributed by atoms with Gasteiger partial charge < -0.3 is 10.6 Å². The van der Waals surface area contributed by atoms with Crippen LogP contribution in [0.2, 0.25) is 5.02 Å². The third-order valence-corrected chi connectivity index (χ3v) is 2.92. The topological polar surface area (TPSA) is 59.2 Å². The van der Waals surface area contributed by atoms with Crippen LogP contribution in [0.5, 0.6) is 0 Å². The molecule has 98 valence electrons. The van der Waals surface area contributed by atoms with Gasteiger partial charge in [0.2, 0.25) is 0 Å². The van der Waals surface area contributed by atoms with Crippen LogP contribution in [0.15, 0.2) is 42.6 Å². The molecular formula is C14H14ClN3O. The molecule has 1 amide bonds. The summed E-state index contributed by atoms with van der Waals surface area (Å²) < 4.78 is 0. The van der Waals surface area contributed by atoms with Crippen LogP contribution in [0.3, 0.4) is 0 Å². The first-order valence-corrected chi connectivity index (χ1v) is 6.15. The molecule has 2 rings (SSSR count). The minimum absolute atomic E-state index is 0.103. The summed E-state index contributed by atoms with van der Waals surface area (Å²) in [5, 5.41) is 0.659. The lowest BCUT2D eigenvalue weighted by molar-refractivity contribution is 0.0785. The number of nitrogens with two attached hydrogens (primary N) is 1. The largest absolute Gasteiger partial charge is 0.384 e. The van der Waals surface area contributed by atoms with Crippen molar-refractivity contribution < 1.29 is 4.79 Å². The molecule has 0 spiro atoms. The molecule has 0 bridgehead atoms. The van der Waals surface area contributed by atoms with Crippen molar-refractivity contribution in [1.82, 2.24) is 9.88 Å². The van der Waals surface area contributed by atoms with E-state index in [1.165, 1.54) is 6.20 Å². The number of hydrogen-bond acceptors (Lipinski definition) is 3. The molecule has 1 aromatic carbocycles. The fraction of sp³-hybridized carbons (Fsp3) is 0.143. The first kappa shape index (κ1) is 13.4. The molecule has 0 radical (unpaired) electrons. The maximum absolute atomic E-state index is 12.2. The summed E-state index contributed by atoms with van der Waals surface area (Å²) >= 11 is 5.92. The summed E-state index contributed by atoms with van der Waals surface area (Å²) in [6.45, 7) is 0.488. The minimum atomic E-state index is -0.103. The van der Waals surface area contributed by atoms with Crippen LogP contribution in [0.4, 0.5) is 5.82 Å². The standard InChI is InChI=1S/C14H14ClN3O/c1-18(9-10-3-2-4-12(15)7-10)14(19)11-5-6-17-13(16)8-11/h2-8H,9H2,1H3,(H2,16,17). The molecule has 4 nitrogen and oxygen atoms in total. The molecule has 2 aromatic rings. The second kappa shape index (κ2) is 5.71. The normalized spacial score (nSPS) is 10.2. The third-order valence-electron chi connectivity index (χ3n) is 2.68. The molecule has 0 saturated carbocycles. The van der Waals surface area contributed by atoms with Gasteiger partial charge in [0.15, 0.2) is 0 Å². The zero-order chi connectivity index (χ0) is 13.8. The Morgan fingerprint density at radius 1 is 1.37 bits per heavy atom. The van der Waals surface area contributed by atoms with Crippen molar-refractivity contribution >= 4 is 23.3 Å². The summed E-state index contributed by atoms with van der Waals surface area (Å²) in [4.78, 5) is 17.7. The Bertz CT molecular complexity index is 601. The fourth-order valence-corrected chi connectivity index (χ4v) is 2.00. The van der Waals surface area contributed by atoms with Gasteiger partial charge in [-0.2, -0.15) is 0 Å². The maximum atomic E-state index is 12.2. The van der Waals surface area contributed by atoms with Crippen molar-refractivity contribution in [3.63, 3.8) is 0 Å². The summed E-state index contributed by atoms with van der Waals surface area (Å²) in [5.41, 5.74) is 7.07. The molecule has 0 aliphatic heterocycles. The van der Waals surface area contributed by atoms with E-state index in [9.17, 15) is 4.79 Å². The number of pyridine rings is 1. The Labute approximate surface area is 116 Å². The van der Waals surface area contributed by atoms with Crippen LogP contribution in [0.25, 0.3) is 0 Å². The molecule has 0 fully saturated rings.